The van der Waals surface area contributed by atoms with Gasteiger partial charge in [0.1, 0.15) is 11.5 Å². The summed E-state index contributed by atoms with van der Waals surface area (Å²) < 4.78 is 5.78. The van der Waals surface area contributed by atoms with Gasteiger partial charge >= 0.3 is 0 Å². The smallest absolute Gasteiger partial charge is 0.147 e. The van der Waals surface area contributed by atoms with E-state index in [1.165, 1.54) is 18.4 Å². The Kier molecular flexibility index (Phi) is 4.78. The summed E-state index contributed by atoms with van der Waals surface area (Å²) in [5, 5.41) is 3.04. The van der Waals surface area contributed by atoms with Crippen molar-refractivity contribution >= 4 is 5.69 Å². The minimum atomic E-state index is 0.744. The zero-order valence-electron chi connectivity index (χ0n) is 11.5. The highest BCUT2D eigenvalue weighted by Crippen LogP contribution is 2.23. The number of hydrogen-bond donors (Lipinski definition) is 1. The molecule has 100 valence electrons. The van der Waals surface area contributed by atoms with Crippen LogP contribution in [0.15, 0.2) is 42.7 Å². The highest BCUT2D eigenvalue weighted by Gasteiger charge is 2.00. The Balaban J connectivity index is 2.02. The summed E-state index contributed by atoms with van der Waals surface area (Å²) in [5.41, 5.74) is 2.30. The average Bonchev–Trinajstić information content (AvgIpc) is 2.47. The van der Waals surface area contributed by atoms with Gasteiger partial charge in [-0.15, -0.1) is 0 Å². The normalized spacial score (nSPS) is 10.2. The van der Waals surface area contributed by atoms with E-state index >= 15 is 0 Å². The Morgan fingerprint density at radius 1 is 1.11 bits per heavy atom. The zero-order chi connectivity index (χ0) is 13.5. The molecule has 19 heavy (non-hydrogen) atoms. The van der Waals surface area contributed by atoms with Crippen LogP contribution in [0.3, 0.4) is 0 Å². The minimum absolute atomic E-state index is 0.744. The van der Waals surface area contributed by atoms with Gasteiger partial charge in [-0.2, -0.15) is 0 Å². The van der Waals surface area contributed by atoms with Gasteiger partial charge in [-0.25, -0.2) is 0 Å². The van der Waals surface area contributed by atoms with Gasteiger partial charge in [0.25, 0.3) is 0 Å². The van der Waals surface area contributed by atoms with E-state index in [0.717, 1.165) is 23.6 Å². The van der Waals surface area contributed by atoms with Crippen LogP contribution in [0.5, 0.6) is 11.5 Å². The van der Waals surface area contributed by atoms with E-state index in [9.17, 15) is 0 Å². The van der Waals surface area contributed by atoms with Crippen LogP contribution in [0.4, 0.5) is 5.69 Å². The van der Waals surface area contributed by atoms with Crippen molar-refractivity contribution in [2.75, 3.05) is 12.4 Å². The van der Waals surface area contributed by atoms with Gasteiger partial charge in [-0.05, 0) is 30.5 Å². The molecule has 0 atom stereocenters. The fourth-order valence-electron chi connectivity index (χ4n) is 1.85. The minimum Gasteiger partial charge on any atom is -0.456 e. The van der Waals surface area contributed by atoms with Crippen LogP contribution in [0.2, 0.25) is 0 Å². The van der Waals surface area contributed by atoms with E-state index in [0.29, 0.717) is 0 Å². The number of pyridine rings is 1. The van der Waals surface area contributed by atoms with Gasteiger partial charge < -0.3 is 10.1 Å². The number of ether oxygens (including phenoxy) is 1. The summed E-state index contributed by atoms with van der Waals surface area (Å²) in [6.45, 7) is 2.21. The second kappa shape index (κ2) is 6.78. The number of hydrogen-bond acceptors (Lipinski definition) is 3. The molecule has 2 rings (SSSR count). The molecule has 1 aromatic heterocycles. The highest BCUT2D eigenvalue weighted by atomic mass is 16.5. The third kappa shape index (κ3) is 3.98. The molecule has 0 fully saturated rings. The van der Waals surface area contributed by atoms with Crippen molar-refractivity contribution in [3.63, 3.8) is 0 Å². The predicted octanol–water partition coefficient (Wildman–Crippen LogP) is 4.26. The Bertz CT molecular complexity index is 508. The Morgan fingerprint density at radius 2 is 1.89 bits per heavy atom. The van der Waals surface area contributed by atoms with E-state index in [4.69, 9.17) is 4.74 Å². The number of rotatable bonds is 6. The van der Waals surface area contributed by atoms with Crippen molar-refractivity contribution in [2.45, 2.75) is 26.2 Å². The van der Waals surface area contributed by atoms with E-state index in [1.807, 2.05) is 25.2 Å². The van der Waals surface area contributed by atoms with Crippen molar-refractivity contribution in [2.24, 2.45) is 0 Å². The molecule has 0 radical (unpaired) electrons. The number of benzene rings is 1. The standard InChI is InChI=1S/C16H20N2O/c1-3-4-5-13-6-8-15(9-7-13)19-16-10-14(17-2)11-18-12-16/h6-12,17H,3-5H2,1-2H3. The molecule has 0 aliphatic heterocycles. The fraction of sp³-hybridized carbons (Fsp3) is 0.312. The molecule has 3 nitrogen and oxygen atoms in total. The summed E-state index contributed by atoms with van der Waals surface area (Å²) in [6, 6.07) is 10.2. The monoisotopic (exact) mass is 256 g/mol. The molecule has 1 heterocycles. The first-order valence-electron chi connectivity index (χ1n) is 6.71. The summed E-state index contributed by atoms with van der Waals surface area (Å²) >= 11 is 0. The molecule has 0 saturated carbocycles. The molecule has 3 heteroatoms. The van der Waals surface area contributed by atoms with Crippen molar-refractivity contribution in [1.82, 2.24) is 4.98 Å². The highest BCUT2D eigenvalue weighted by molar-refractivity contribution is 5.45. The van der Waals surface area contributed by atoms with Crippen molar-refractivity contribution < 1.29 is 4.74 Å². The number of aromatic nitrogens is 1. The first-order valence-corrected chi connectivity index (χ1v) is 6.71. The van der Waals surface area contributed by atoms with E-state index < -0.39 is 0 Å². The molecule has 0 aliphatic carbocycles. The van der Waals surface area contributed by atoms with Crippen molar-refractivity contribution in [3.8, 4) is 11.5 Å². The van der Waals surface area contributed by atoms with Gasteiger partial charge in [0.2, 0.25) is 0 Å². The molecule has 0 aliphatic rings. The number of aryl methyl sites for hydroxylation is 1. The van der Waals surface area contributed by atoms with Gasteiger partial charge in [-0.3, -0.25) is 4.98 Å². The lowest BCUT2D eigenvalue weighted by molar-refractivity contribution is 0.480. The van der Waals surface area contributed by atoms with Crippen LogP contribution in [-0.2, 0) is 6.42 Å². The van der Waals surface area contributed by atoms with Crippen LogP contribution < -0.4 is 10.1 Å². The first-order chi connectivity index (χ1) is 9.31. The van der Waals surface area contributed by atoms with Gasteiger partial charge in [0.05, 0.1) is 18.1 Å². The molecule has 0 spiro atoms. The number of nitrogens with zero attached hydrogens (tertiary/aromatic N) is 1. The Hall–Kier alpha value is -2.03. The van der Waals surface area contributed by atoms with E-state index in [-0.39, 0.29) is 0 Å². The van der Waals surface area contributed by atoms with Crippen LogP contribution in [-0.4, -0.2) is 12.0 Å². The Labute approximate surface area is 114 Å². The van der Waals surface area contributed by atoms with Gasteiger partial charge in [0.15, 0.2) is 0 Å². The molecule has 0 amide bonds. The lowest BCUT2D eigenvalue weighted by Crippen LogP contribution is -1.91. The topological polar surface area (TPSA) is 34.1 Å². The second-order valence-electron chi connectivity index (χ2n) is 4.51. The molecule has 1 aromatic carbocycles. The second-order valence-corrected chi connectivity index (χ2v) is 4.51. The number of unbranched alkanes of at least 4 members (excludes halogenated alkanes) is 1. The third-order valence-electron chi connectivity index (χ3n) is 2.98. The fourth-order valence-corrected chi connectivity index (χ4v) is 1.85. The molecular formula is C16H20N2O. The SMILES string of the molecule is CCCCc1ccc(Oc2cncc(NC)c2)cc1. The summed E-state index contributed by atoms with van der Waals surface area (Å²) in [4.78, 5) is 4.12. The van der Waals surface area contributed by atoms with Crippen LogP contribution in [0.1, 0.15) is 25.3 Å². The first kappa shape index (κ1) is 13.4. The van der Waals surface area contributed by atoms with Gasteiger partial charge in [-0.1, -0.05) is 25.5 Å². The maximum absolute atomic E-state index is 5.78. The van der Waals surface area contributed by atoms with Crippen LogP contribution in [0, 0.1) is 0 Å². The van der Waals surface area contributed by atoms with E-state index in [2.05, 4.69) is 29.4 Å². The van der Waals surface area contributed by atoms with Crippen LogP contribution >= 0.6 is 0 Å². The summed E-state index contributed by atoms with van der Waals surface area (Å²) in [5.74, 6) is 1.59. The Morgan fingerprint density at radius 3 is 2.58 bits per heavy atom. The third-order valence-corrected chi connectivity index (χ3v) is 2.98. The molecule has 1 N–H and O–H groups in total. The summed E-state index contributed by atoms with van der Waals surface area (Å²) in [7, 11) is 1.86. The van der Waals surface area contributed by atoms with Crippen LogP contribution in [0.25, 0.3) is 0 Å². The average molecular weight is 256 g/mol. The van der Waals surface area contributed by atoms with Crippen molar-refractivity contribution in [1.29, 1.82) is 0 Å². The maximum Gasteiger partial charge on any atom is 0.147 e. The zero-order valence-corrected chi connectivity index (χ0v) is 11.5. The molecule has 0 saturated heterocycles. The molecule has 0 unspecified atom stereocenters. The summed E-state index contributed by atoms with van der Waals surface area (Å²) in [6.07, 6.45) is 7.06. The molecule has 2 aromatic rings. The lowest BCUT2D eigenvalue weighted by atomic mass is 10.1. The number of nitrogens with one attached hydrogen (secondary N) is 1. The maximum atomic E-state index is 5.78. The van der Waals surface area contributed by atoms with Crippen molar-refractivity contribution in [3.05, 3.63) is 48.3 Å². The number of anilines is 1. The largest absolute Gasteiger partial charge is 0.456 e. The van der Waals surface area contributed by atoms with E-state index in [1.54, 1.807) is 12.4 Å². The van der Waals surface area contributed by atoms with Gasteiger partial charge in [0, 0.05) is 13.1 Å². The lowest BCUT2D eigenvalue weighted by Gasteiger charge is -2.07. The molecular weight excluding hydrogens is 236 g/mol. The predicted molar refractivity (Wildman–Crippen MR) is 78.9 cm³/mol. The molecule has 0 bridgehead atoms. The quantitative estimate of drug-likeness (QED) is 0.838.